The van der Waals surface area contributed by atoms with Gasteiger partial charge >= 0.3 is 0 Å². The van der Waals surface area contributed by atoms with Crippen molar-refractivity contribution in [2.24, 2.45) is 0 Å². The van der Waals surface area contributed by atoms with Crippen LogP contribution in [0.25, 0.3) is 0 Å². The van der Waals surface area contributed by atoms with E-state index in [1.54, 1.807) is 11.0 Å². The lowest BCUT2D eigenvalue weighted by molar-refractivity contribution is -0.127. The molecule has 24 heavy (non-hydrogen) atoms. The second-order valence-corrected chi connectivity index (χ2v) is 7.52. The van der Waals surface area contributed by atoms with Crippen LogP contribution in [0.3, 0.4) is 0 Å². The molecule has 0 bridgehead atoms. The summed E-state index contributed by atoms with van der Waals surface area (Å²) in [4.78, 5) is 13.6. The number of methoxy groups -OCH3 is 2. The van der Waals surface area contributed by atoms with Crippen LogP contribution in [0.2, 0.25) is 0 Å². The van der Waals surface area contributed by atoms with Crippen LogP contribution in [0.15, 0.2) is 17.0 Å². The minimum atomic E-state index is -3.83. The van der Waals surface area contributed by atoms with Gasteiger partial charge in [0.15, 0.2) is 0 Å². The van der Waals surface area contributed by atoms with Crippen LogP contribution < -0.4 is 14.2 Å². The molecule has 0 radical (unpaired) electrons. The molecule has 1 atom stereocenters. The van der Waals surface area contributed by atoms with Gasteiger partial charge in [-0.3, -0.25) is 4.79 Å². The van der Waals surface area contributed by atoms with E-state index < -0.39 is 16.1 Å². The maximum absolute atomic E-state index is 12.7. The van der Waals surface area contributed by atoms with Crippen molar-refractivity contribution in [3.05, 3.63) is 17.7 Å². The van der Waals surface area contributed by atoms with Crippen molar-refractivity contribution < 1.29 is 22.7 Å². The van der Waals surface area contributed by atoms with E-state index in [1.165, 1.54) is 20.3 Å². The van der Waals surface area contributed by atoms with E-state index >= 15 is 0 Å². The zero-order valence-electron chi connectivity index (χ0n) is 14.5. The molecule has 1 amide bonds. The van der Waals surface area contributed by atoms with Crippen molar-refractivity contribution in [3.8, 4) is 11.5 Å². The van der Waals surface area contributed by atoms with Crippen molar-refractivity contribution in [1.82, 2.24) is 9.62 Å². The maximum atomic E-state index is 12.7. The number of nitrogens with zero attached hydrogens (tertiary/aromatic N) is 1. The summed E-state index contributed by atoms with van der Waals surface area (Å²) >= 11 is 0. The second-order valence-electron chi connectivity index (χ2n) is 5.83. The average molecular weight is 356 g/mol. The summed E-state index contributed by atoms with van der Waals surface area (Å²) in [6.45, 7) is 4.81. The predicted octanol–water partition coefficient (Wildman–Crippen LogP) is 1.30. The number of sulfonamides is 1. The van der Waals surface area contributed by atoms with Crippen molar-refractivity contribution >= 4 is 15.9 Å². The summed E-state index contributed by atoms with van der Waals surface area (Å²) in [5, 5.41) is 0. The molecule has 134 valence electrons. The topological polar surface area (TPSA) is 84.9 Å². The summed E-state index contributed by atoms with van der Waals surface area (Å²) in [6, 6.07) is 2.62. The van der Waals surface area contributed by atoms with Crippen LogP contribution in [0.5, 0.6) is 11.5 Å². The van der Waals surface area contributed by atoms with Gasteiger partial charge in [-0.1, -0.05) is 6.92 Å². The van der Waals surface area contributed by atoms with E-state index in [-0.39, 0.29) is 23.0 Å². The molecule has 0 unspecified atom stereocenters. The first-order chi connectivity index (χ1) is 11.3. The standard InChI is InChI=1S/C16H24N2O5S/c1-5-6-18-10-12(8-16(18)19)17-24(20,21)15-9-13(22-3)11(2)7-14(15)23-4/h7,9,12,17H,5-6,8,10H2,1-4H3/t12-/m0/s1. The molecule has 1 N–H and O–H groups in total. The van der Waals surface area contributed by atoms with E-state index in [0.29, 0.717) is 18.8 Å². The van der Waals surface area contributed by atoms with Gasteiger partial charge in [-0.15, -0.1) is 0 Å². The quantitative estimate of drug-likeness (QED) is 0.796. The molecule has 1 heterocycles. The monoisotopic (exact) mass is 356 g/mol. The second kappa shape index (κ2) is 7.40. The fraction of sp³-hybridized carbons (Fsp3) is 0.562. The van der Waals surface area contributed by atoms with Crippen LogP contribution in [0.1, 0.15) is 25.3 Å². The third-order valence-corrected chi connectivity index (χ3v) is 5.54. The zero-order chi connectivity index (χ0) is 17.9. The fourth-order valence-corrected chi connectivity index (χ4v) is 4.25. The van der Waals surface area contributed by atoms with Gasteiger partial charge in [0.05, 0.1) is 14.2 Å². The number of likely N-dealkylation sites (tertiary alicyclic amines) is 1. The number of carbonyl (C=O) groups is 1. The fourth-order valence-electron chi connectivity index (χ4n) is 2.85. The van der Waals surface area contributed by atoms with Crippen molar-refractivity contribution in [1.29, 1.82) is 0 Å². The van der Waals surface area contributed by atoms with Gasteiger partial charge in [0.1, 0.15) is 16.4 Å². The van der Waals surface area contributed by atoms with Gasteiger partial charge in [-0.05, 0) is 25.0 Å². The lowest BCUT2D eigenvalue weighted by Crippen LogP contribution is -2.37. The van der Waals surface area contributed by atoms with E-state index in [1.807, 2.05) is 13.8 Å². The Hall–Kier alpha value is -1.80. The highest BCUT2D eigenvalue weighted by Crippen LogP contribution is 2.32. The summed E-state index contributed by atoms with van der Waals surface area (Å²) in [5.41, 5.74) is 0.776. The minimum absolute atomic E-state index is 0.00819. The number of hydrogen-bond donors (Lipinski definition) is 1. The normalized spacial score (nSPS) is 18.1. The van der Waals surface area contributed by atoms with E-state index in [2.05, 4.69) is 4.72 Å². The molecule has 0 spiro atoms. The van der Waals surface area contributed by atoms with E-state index in [0.717, 1.165) is 12.0 Å². The molecule has 1 aliphatic rings. The highest BCUT2D eigenvalue weighted by Gasteiger charge is 2.33. The molecule has 1 saturated heterocycles. The smallest absolute Gasteiger partial charge is 0.244 e. The van der Waals surface area contributed by atoms with Crippen LogP contribution in [-0.2, 0) is 14.8 Å². The Kier molecular flexibility index (Phi) is 5.71. The predicted molar refractivity (Wildman–Crippen MR) is 89.9 cm³/mol. The largest absolute Gasteiger partial charge is 0.496 e. The molecule has 8 heteroatoms. The van der Waals surface area contributed by atoms with Gasteiger partial charge in [-0.2, -0.15) is 0 Å². The highest BCUT2D eigenvalue weighted by atomic mass is 32.2. The number of ether oxygens (including phenoxy) is 2. The van der Waals surface area contributed by atoms with Crippen molar-refractivity contribution in [2.75, 3.05) is 27.3 Å². The van der Waals surface area contributed by atoms with Gasteiger partial charge in [0, 0.05) is 31.6 Å². The molecular formula is C16H24N2O5S. The van der Waals surface area contributed by atoms with Gasteiger partial charge in [0.25, 0.3) is 0 Å². The first-order valence-electron chi connectivity index (χ1n) is 7.85. The molecule has 1 fully saturated rings. The molecular weight excluding hydrogens is 332 g/mol. The summed E-state index contributed by atoms with van der Waals surface area (Å²) in [7, 11) is -0.929. The van der Waals surface area contributed by atoms with Crippen LogP contribution >= 0.6 is 0 Å². The molecule has 7 nitrogen and oxygen atoms in total. The number of rotatable bonds is 7. The third-order valence-electron chi connectivity index (χ3n) is 4.00. The number of hydrogen-bond acceptors (Lipinski definition) is 5. The summed E-state index contributed by atoms with van der Waals surface area (Å²) in [5.74, 6) is 0.680. The summed E-state index contributed by atoms with van der Waals surface area (Å²) < 4.78 is 38.5. The Morgan fingerprint density at radius 2 is 1.92 bits per heavy atom. The van der Waals surface area contributed by atoms with E-state index in [9.17, 15) is 13.2 Å². The lowest BCUT2D eigenvalue weighted by Gasteiger charge is -2.18. The molecule has 0 aliphatic carbocycles. The number of nitrogens with one attached hydrogen (secondary N) is 1. The molecule has 1 aromatic rings. The third kappa shape index (κ3) is 3.81. The maximum Gasteiger partial charge on any atom is 0.244 e. The van der Waals surface area contributed by atoms with Crippen LogP contribution in [-0.4, -0.2) is 52.6 Å². The van der Waals surface area contributed by atoms with Gasteiger partial charge in [-0.25, -0.2) is 13.1 Å². The number of benzene rings is 1. The van der Waals surface area contributed by atoms with Crippen LogP contribution in [0.4, 0.5) is 0 Å². The van der Waals surface area contributed by atoms with Gasteiger partial charge < -0.3 is 14.4 Å². The summed E-state index contributed by atoms with van der Waals surface area (Å²) in [6.07, 6.45) is 1.01. The first-order valence-corrected chi connectivity index (χ1v) is 9.33. The Bertz CT molecular complexity index is 717. The number of carbonyl (C=O) groups excluding carboxylic acids is 1. The van der Waals surface area contributed by atoms with Crippen LogP contribution in [0, 0.1) is 6.92 Å². The Morgan fingerprint density at radius 1 is 1.25 bits per heavy atom. The molecule has 1 aromatic carbocycles. The molecule has 0 aromatic heterocycles. The minimum Gasteiger partial charge on any atom is -0.496 e. The Labute approximate surface area is 143 Å². The number of aryl methyl sites for hydroxylation is 1. The Balaban J connectivity index is 2.26. The first kappa shape index (κ1) is 18.5. The highest BCUT2D eigenvalue weighted by molar-refractivity contribution is 7.89. The van der Waals surface area contributed by atoms with E-state index in [4.69, 9.17) is 9.47 Å². The Morgan fingerprint density at radius 3 is 2.50 bits per heavy atom. The molecule has 2 rings (SSSR count). The molecule has 0 saturated carbocycles. The number of amides is 1. The zero-order valence-corrected chi connectivity index (χ0v) is 15.3. The SMILES string of the molecule is CCCN1C[C@@H](NS(=O)(=O)c2cc(OC)c(C)cc2OC)CC1=O. The lowest BCUT2D eigenvalue weighted by atomic mass is 10.2. The average Bonchev–Trinajstić information content (AvgIpc) is 2.85. The van der Waals surface area contributed by atoms with Crippen molar-refractivity contribution in [2.45, 2.75) is 37.6 Å². The molecule has 1 aliphatic heterocycles. The van der Waals surface area contributed by atoms with Crippen molar-refractivity contribution in [3.63, 3.8) is 0 Å². The van der Waals surface area contributed by atoms with Gasteiger partial charge in [0.2, 0.25) is 15.9 Å².